The number of amidine groups is 1. The molecule has 0 aliphatic carbocycles. The Hall–Kier alpha value is -2.86. The van der Waals surface area contributed by atoms with Crippen LogP contribution in [0.25, 0.3) is 0 Å². The van der Waals surface area contributed by atoms with Crippen molar-refractivity contribution >= 4 is 29.4 Å². The fraction of sp³-hybridized carbons (Fsp3) is 0.167. The Labute approximate surface area is 151 Å². The van der Waals surface area contributed by atoms with Crippen LogP contribution in [0.3, 0.4) is 0 Å². The normalized spacial score (nSPS) is 11.4. The average molecular weight is 359 g/mol. The van der Waals surface area contributed by atoms with E-state index in [4.69, 9.17) is 22.9 Å². The van der Waals surface area contributed by atoms with Gasteiger partial charge in [-0.15, -0.1) is 0 Å². The number of amides is 2. The third-order valence-corrected chi connectivity index (χ3v) is 3.84. The van der Waals surface area contributed by atoms with Crippen molar-refractivity contribution in [3.63, 3.8) is 0 Å². The van der Waals surface area contributed by atoms with Gasteiger partial charge in [0.25, 0.3) is 5.91 Å². The highest BCUT2D eigenvalue weighted by molar-refractivity contribution is 6.22. The molecule has 0 spiro atoms. The van der Waals surface area contributed by atoms with Crippen LogP contribution in [0.4, 0.5) is 0 Å². The molecule has 25 heavy (non-hydrogen) atoms. The zero-order chi connectivity index (χ0) is 18.4. The van der Waals surface area contributed by atoms with Gasteiger partial charge in [0.05, 0.1) is 6.54 Å². The van der Waals surface area contributed by atoms with Gasteiger partial charge in [0, 0.05) is 24.3 Å². The van der Waals surface area contributed by atoms with E-state index in [0.717, 1.165) is 9.98 Å². The zero-order valence-corrected chi connectivity index (χ0v) is 14.5. The van der Waals surface area contributed by atoms with E-state index in [-0.39, 0.29) is 18.3 Å². The predicted molar refractivity (Wildman–Crippen MR) is 96.9 cm³/mol. The molecule has 2 rings (SSSR count). The van der Waals surface area contributed by atoms with Gasteiger partial charge < -0.3 is 11.1 Å². The van der Waals surface area contributed by atoms with E-state index in [1.165, 1.54) is 6.92 Å². The van der Waals surface area contributed by atoms with Crippen molar-refractivity contribution in [2.24, 2.45) is 5.73 Å². The Morgan fingerprint density at radius 2 is 1.76 bits per heavy atom. The maximum absolute atomic E-state index is 12.7. The maximum atomic E-state index is 12.7. The Morgan fingerprint density at radius 3 is 2.28 bits per heavy atom. The molecule has 2 aromatic carbocycles. The van der Waals surface area contributed by atoms with E-state index >= 15 is 0 Å². The molecule has 0 saturated carbocycles. The lowest BCUT2D eigenvalue weighted by molar-refractivity contribution is -0.132. The summed E-state index contributed by atoms with van der Waals surface area (Å²) in [5, 5.41) is 10.0. The highest BCUT2D eigenvalue weighted by Gasteiger charge is 2.26. The molecule has 0 saturated heterocycles. The first kappa shape index (κ1) is 18.5. The molecule has 1 atom stereocenters. The van der Waals surface area contributed by atoms with Gasteiger partial charge in [-0.05, 0) is 11.1 Å². The number of nitrogens with two attached hydrogens (primary N) is 1. The smallest absolute Gasteiger partial charge is 0.264 e. The quantitative estimate of drug-likeness (QED) is 0.420. The fourth-order valence-corrected chi connectivity index (χ4v) is 2.54. The Morgan fingerprint density at radius 1 is 1.16 bits per heavy atom. The van der Waals surface area contributed by atoms with Gasteiger partial charge in [0.15, 0.2) is 0 Å². The molecule has 6 nitrogen and oxygen atoms in total. The summed E-state index contributed by atoms with van der Waals surface area (Å²) in [4.78, 5) is 24.1. The minimum absolute atomic E-state index is 0.0276. The van der Waals surface area contributed by atoms with Gasteiger partial charge in [-0.2, -0.15) is 0 Å². The number of benzene rings is 2. The number of carbonyl (C=O) groups excluding carboxylic acids is 2. The van der Waals surface area contributed by atoms with Crippen molar-refractivity contribution in [2.45, 2.75) is 19.5 Å². The van der Waals surface area contributed by atoms with Crippen LogP contribution in [-0.2, 0) is 16.1 Å². The Bertz CT molecular complexity index is 762. The van der Waals surface area contributed by atoms with Crippen molar-refractivity contribution in [1.82, 2.24) is 9.74 Å². The molecule has 4 N–H and O–H groups in total. The monoisotopic (exact) mass is 358 g/mol. The van der Waals surface area contributed by atoms with Crippen LogP contribution >= 0.6 is 11.8 Å². The molecule has 0 aromatic heterocycles. The lowest BCUT2D eigenvalue weighted by Crippen LogP contribution is -2.38. The molecule has 1 unspecified atom stereocenters. The number of nitrogen functional groups attached to an aromatic ring is 1. The molecule has 7 heteroatoms. The lowest BCUT2D eigenvalue weighted by atomic mass is 10.1. The van der Waals surface area contributed by atoms with Crippen LogP contribution in [0.5, 0.6) is 0 Å². The molecular weight excluding hydrogens is 340 g/mol. The van der Waals surface area contributed by atoms with E-state index in [2.05, 4.69) is 5.32 Å². The molecular formula is C18H19ClN4O2. The van der Waals surface area contributed by atoms with E-state index in [1.54, 1.807) is 48.5 Å². The van der Waals surface area contributed by atoms with Crippen LogP contribution in [0.2, 0.25) is 0 Å². The number of halogens is 1. The summed E-state index contributed by atoms with van der Waals surface area (Å²) in [7, 11) is 0. The first-order valence-corrected chi connectivity index (χ1v) is 7.95. The van der Waals surface area contributed by atoms with Gasteiger partial charge in [-0.25, -0.2) is 4.42 Å². The largest absolute Gasteiger partial charge is 0.384 e. The minimum Gasteiger partial charge on any atom is -0.384 e. The highest BCUT2D eigenvalue weighted by atomic mass is 35.5. The first-order chi connectivity index (χ1) is 11.9. The van der Waals surface area contributed by atoms with Crippen molar-refractivity contribution in [3.05, 3.63) is 71.3 Å². The van der Waals surface area contributed by atoms with Crippen molar-refractivity contribution in [1.29, 1.82) is 5.41 Å². The molecule has 0 fully saturated rings. The second kappa shape index (κ2) is 8.30. The molecule has 0 heterocycles. The summed E-state index contributed by atoms with van der Waals surface area (Å²) >= 11 is 6.16. The van der Waals surface area contributed by atoms with Gasteiger partial charge in [-0.1, -0.05) is 54.6 Å². The topological polar surface area (TPSA) is 99.3 Å². The van der Waals surface area contributed by atoms with Crippen LogP contribution in [-0.4, -0.2) is 22.1 Å². The second-order valence-corrected chi connectivity index (χ2v) is 5.92. The predicted octanol–water partition coefficient (Wildman–Crippen LogP) is 2.33. The number of hydrogen-bond donors (Lipinski definition) is 3. The molecule has 0 radical (unpaired) electrons. The summed E-state index contributed by atoms with van der Waals surface area (Å²) in [5.41, 5.74) is 7.44. The number of carbonyl (C=O) groups is 2. The Kier molecular flexibility index (Phi) is 6.14. The molecule has 0 aliphatic heterocycles. The van der Waals surface area contributed by atoms with E-state index in [1.807, 2.05) is 6.07 Å². The van der Waals surface area contributed by atoms with Crippen LogP contribution in [0, 0.1) is 5.41 Å². The SMILES string of the molecule is CC(=O)NC(C(=O)N(Cl)Cc1ccc(C(=N)N)cc1)c1ccccc1. The second-order valence-electron chi connectivity index (χ2n) is 5.51. The third kappa shape index (κ3) is 5.06. The molecule has 0 bridgehead atoms. The standard InChI is InChI=1S/C18H19ClN4O2/c1-12(24)22-16(14-5-3-2-4-6-14)18(25)23(19)11-13-7-9-15(10-8-13)17(20)21/h2-10,16H,11H2,1H3,(H3,20,21)(H,22,24). The van der Waals surface area contributed by atoms with Crippen LogP contribution in [0.1, 0.15) is 29.7 Å². The average Bonchev–Trinajstić information content (AvgIpc) is 2.60. The fourth-order valence-electron chi connectivity index (χ4n) is 2.30. The van der Waals surface area contributed by atoms with E-state index in [9.17, 15) is 9.59 Å². The summed E-state index contributed by atoms with van der Waals surface area (Å²) < 4.78 is 1.04. The van der Waals surface area contributed by atoms with Gasteiger partial charge >= 0.3 is 0 Å². The third-order valence-electron chi connectivity index (χ3n) is 3.55. The van der Waals surface area contributed by atoms with Crippen molar-refractivity contribution in [2.75, 3.05) is 0 Å². The molecule has 0 aliphatic rings. The summed E-state index contributed by atoms with van der Waals surface area (Å²) in [5.74, 6) is -0.781. The zero-order valence-electron chi connectivity index (χ0n) is 13.7. The van der Waals surface area contributed by atoms with Crippen molar-refractivity contribution < 1.29 is 9.59 Å². The van der Waals surface area contributed by atoms with Crippen LogP contribution < -0.4 is 11.1 Å². The number of rotatable bonds is 6. The highest BCUT2D eigenvalue weighted by Crippen LogP contribution is 2.19. The van der Waals surface area contributed by atoms with E-state index in [0.29, 0.717) is 11.1 Å². The number of nitrogens with zero attached hydrogens (tertiary/aromatic N) is 1. The van der Waals surface area contributed by atoms with Crippen LogP contribution in [0.15, 0.2) is 54.6 Å². The molecule has 2 amide bonds. The first-order valence-electron chi connectivity index (χ1n) is 7.61. The summed E-state index contributed by atoms with van der Waals surface area (Å²) in [6.45, 7) is 1.50. The molecule has 2 aromatic rings. The van der Waals surface area contributed by atoms with Gasteiger partial charge in [-0.3, -0.25) is 15.0 Å². The van der Waals surface area contributed by atoms with Crippen molar-refractivity contribution in [3.8, 4) is 0 Å². The Balaban J connectivity index is 2.14. The summed E-state index contributed by atoms with van der Waals surface area (Å²) in [6.07, 6.45) is 0. The minimum atomic E-state index is -0.854. The molecule has 130 valence electrons. The van der Waals surface area contributed by atoms with Gasteiger partial charge in [0.2, 0.25) is 5.91 Å². The summed E-state index contributed by atoms with van der Waals surface area (Å²) in [6, 6.07) is 14.9. The van der Waals surface area contributed by atoms with E-state index < -0.39 is 11.9 Å². The number of nitrogens with one attached hydrogen (secondary N) is 2. The lowest BCUT2D eigenvalue weighted by Gasteiger charge is -2.22. The maximum Gasteiger partial charge on any atom is 0.264 e. The van der Waals surface area contributed by atoms with Gasteiger partial charge in [0.1, 0.15) is 11.9 Å². The number of hydrogen-bond acceptors (Lipinski definition) is 3.